The van der Waals surface area contributed by atoms with Crippen molar-refractivity contribution in [1.29, 1.82) is 0 Å². The summed E-state index contributed by atoms with van der Waals surface area (Å²) in [6.45, 7) is 4.44. The van der Waals surface area contributed by atoms with Crippen molar-refractivity contribution in [2.75, 3.05) is 33.3 Å². The van der Waals surface area contributed by atoms with Gasteiger partial charge in [0.2, 0.25) is 5.91 Å². The molecule has 0 bridgehead atoms. The Balaban J connectivity index is 2.44. The van der Waals surface area contributed by atoms with E-state index >= 15 is 0 Å². The Morgan fingerprint density at radius 3 is 3.00 bits per heavy atom. The average molecular weight is 214 g/mol. The lowest BCUT2D eigenvalue weighted by Gasteiger charge is -2.33. The molecule has 4 nitrogen and oxygen atoms in total. The predicted molar refractivity (Wildman–Crippen MR) is 59.5 cm³/mol. The molecule has 15 heavy (non-hydrogen) atoms. The number of piperidine rings is 1. The van der Waals surface area contributed by atoms with Crippen molar-refractivity contribution in [3.8, 4) is 0 Å². The van der Waals surface area contributed by atoms with E-state index in [1.807, 2.05) is 18.9 Å². The normalized spacial score (nSPS) is 23.9. The maximum absolute atomic E-state index is 12.0. The van der Waals surface area contributed by atoms with Gasteiger partial charge in [0.25, 0.3) is 0 Å². The van der Waals surface area contributed by atoms with E-state index in [2.05, 4.69) is 5.32 Å². The molecule has 1 aliphatic rings. The second kappa shape index (κ2) is 6.08. The summed E-state index contributed by atoms with van der Waals surface area (Å²) in [4.78, 5) is 13.8. The van der Waals surface area contributed by atoms with Crippen LogP contribution in [0.2, 0.25) is 0 Å². The molecule has 0 aliphatic carbocycles. The fourth-order valence-corrected chi connectivity index (χ4v) is 2.12. The largest absolute Gasteiger partial charge is 0.396 e. The van der Waals surface area contributed by atoms with Crippen molar-refractivity contribution >= 4 is 5.91 Å². The van der Waals surface area contributed by atoms with E-state index in [1.165, 1.54) is 0 Å². The van der Waals surface area contributed by atoms with Gasteiger partial charge in [-0.15, -0.1) is 0 Å². The van der Waals surface area contributed by atoms with Gasteiger partial charge in [-0.2, -0.15) is 0 Å². The smallest absolute Gasteiger partial charge is 0.226 e. The van der Waals surface area contributed by atoms with E-state index in [0.717, 1.165) is 32.5 Å². The lowest BCUT2D eigenvalue weighted by atomic mass is 9.97. The predicted octanol–water partition coefficient (Wildman–Crippen LogP) is 0.0728. The molecule has 2 atom stereocenters. The SMILES string of the molecule is CNCC(C)C(=O)N1CCCC(CO)C1. The van der Waals surface area contributed by atoms with Crippen LogP contribution in [0.5, 0.6) is 0 Å². The van der Waals surface area contributed by atoms with Crippen LogP contribution in [-0.2, 0) is 4.79 Å². The quantitative estimate of drug-likeness (QED) is 0.696. The lowest BCUT2D eigenvalue weighted by molar-refractivity contribution is -0.136. The standard InChI is InChI=1S/C11H22N2O2/c1-9(6-12-2)11(15)13-5-3-4-10(7-13)8-14/h9-10,12,14H,3-8H2,1-2H3. The number of rotatable bonds is 4. The van der Waals surface area contributed by atoms with Crippen LogP contribution in [0.15, 0.2) is 0 Å². The van der Waals surface area contributed by atoms with Crippen LogP contribution in [0.1, 0.15) is 19.8 Å². The molecule has 1 aliphatic heterocycles. The number of aliphatic hydroxyl groups excluding tert-OH is 1. The molecule has 0 aromatic rings. The van der Waals surface area contributed by atoms with Crippen molar-refractivity contribution < 1.29 is 9.90 Å². The molecule has 2 N–H and O–H groups in total. The zero-order valence-corrected chi connectivity index (χ0v) is 9.70. The summed E-state index contributed by atoms with van der Waals surface area (Å²) in [5.41, 5.74) is 0. The van der Waals surface area contributed by atoms with Crippen LogP contribution < -0.4 is 5.32 Å². The maximum Gasteiger partial charge on any atom is 0.226 e. The van der Waals surface area contributed by atoms with E-state index in [-0.39, 0.29) is 24.3 Å². The third kappa shape index (κ3) is 3.47. The minimum atomic E-state index is 0.0347. The van der Waals surface area contributed by atoms with Gasteiger partial charge in [-0.25, -0.2) is 0 Å². The summed E-state index contributed by atoms with van der Waals surface area (Å²) in [6.07, 6.45) is 2.06. The molecule has 0 aromatic carbocycles. The minimum Gasteiger partial charge on any atom is -0.396 e. The molecule has 0 spiro atoms. The third-order valence-corrected chi connectivity index (χ3v) is 3.02. The number of hydrogen-bond donors (Lipinski definition) is 2. The molecule has 88 valence electrons. The van der Waals surface area contributed by atoms with E-state index in [4.69, 9.17) is 5.11 Å². The highest BCUT2D eigenvalue weighted by Gasteiger charge is 2.25. The van der Waals surface area contributed by atoms with Crippen LogP contribution in [0, 0.1) is 11.8 Å². The Hall–Kier alpha value is -0.610. The summed E-state index contributed by atoms with van der Waals surface area (Å²) < 4.78 is 0. The molecule has 0 aromatic heterocycles. The van der Waals surface area contributed by atoms with Gasteiger partial charge in [-0.1, -0.05) is 6.92 Å². The van der Waals surface area contributed by atoms with Crippen molar-refractivity contribution in [2.45, 2.75) is 19.8 Å². The molecule has 2 unspecified atom stereocenters. The topological polar surface area (TPSA) is 52.6 Å². The highest BCUT2D eigenvalue weighted by atomic mass is 16.3. The maximum atomic E-state index is 12.0. The van der Waals surface area contributed by atoms with Gasteiger partial charge in [-0.3, -0.25) is 4.79 Å². The zero-order chi connectivity index (χ0) is 11.3. The Bertz CT molecular complexity index is 209. The van der Waals surface area contributed by atoms with Crippen LogP contribution in [0.25, 0.3) is 0 Å². The van der Waals surface area contributed by atoms with Crippen LogP contribution in [0.4, 0.5) is 0 Å². The van der Waals surface area contributed by atoms with Gasteiger partial charge >= 0.3 is 0 Å². The van der Waals surface area contributed by atoms with Gasteiger partial charge in [0.15, 0.2) is 0 Å². The Kier molecular flexibility index (Phi) is 5.05. The molecule has 4 heteroatoms. The van der Waals surface area contributed by atoms with E-state index in [1.54, 1.807) is 0 Å². The summed E-state index contributed by atoms with van der Waals surface area (Å²) in [5.74, 6) is 0.527. The van der Waals surface area contributed by atoms with E-state index in [0.29, 0.717) is 0 Å². The van der Waals surface area contributed by atoms with Crippen molar-refractivity contribution in [3.05, 3.63) is 0 Å². The minimum absolute atomic E-state index is 0.0347. The first-order valence-corrected chi connectivity index (χ1v) is 5.73. The van der Waals surface area contributed by atoms with Gasteiger partial charge in [0.1, 0.15) is 0 Å². The Morgan fingerprint density at radius 1 is 1.67 bits per heavy atom. The Labute approximate surface area is 91.6 Å². The zero-order valence-electron chi connectivity index (χ0n) is 9.70. The first-order valence-electron chi connectivity index (χ1n) is 5.73. The van der Waals surface area contributed by atoms with Crippen LogP contribution >= 0.6 is 0 Å². The van der Waals surface area contributed by atoms with Crippen LogP contribution in [0.3, 0.4) is 0 Å². The molecular weight excluding hydrogens is 192 g/mol. The van der Waals surface area contributed by atoms with Gasteiger partial charge in [0, 0.05) is 32.2 Å². The molecule has 0 radical (unpaired) electrons. The second-order valence-electron chi connectivity index (χ2n) is 4.43. The fraction of sp³-hybridized carbons (Fsp3) is 0.909. The molecule has 1 fully saturated rings. The number of aliphatic hydroxyl groups is 1. The molecule has 1 rings (SSSR count). The monoisotopic (exact) mass is 214 g/mol. The average Bonchev–Trinajstić information content (AvgIpc) is 2.28. The molecule has 1 saturated heterocycles. The van der Waals surface area contributed by atoms with Gasteiger partial charge in [0.05, 0.1) is 0 Å². The second-order valence-corrected chi connectivity index (χ2v) is 4.43. The third-order valence-electron chi connectivity index (χ3n) is 3.02. The molecule has 1 amide bonds. The molecule has 1 heterocycles. The number of likely N-dealkylation sites (tertiary alicyclic amines) is 1. The van der Waals surface area contributed by atoms with E-state index < -0.39 is 0 Å². The van der Waals surface area contributed by atoms with E-state index in [9.17, 15) is 4.79 Å². The number of hydrogen-bond acceptors (Lipinski definition) is 3. The number of carbonyl (C=O) groups excluding carboxylic acids is 1. The van der Waals surface area contributed by atoms with Crippen molar-refractivity contribution in [3.63, 3.8) is 0 Å². The first-order chi connectivity index (χ1) is 7.19. The van der Waals surface area contributed by atoms with Crippen molar-refractivity contribution in [2.24, 2.45) is 11.8 Å². The highest BCUT2D eigenvalue weighted by Crippen LogP contribution is 2.17. The number of carbonyl (C=O) groups is 1. The molecular formula is C11H22N2O2. The summed E-state index contributed by atoms with van der Waals surface area (Å²) >= 11 is 0. The lowest BCUT2D eigenvalue weighted by Crippen LogP contribution is -2.44. The van der Waals surface area contributed by atoms with Gasteiger partial charge in [-0.05, 0) is 25.8 Å². The summed E-state index contributed by atoms with van der Waals surface area (Å²) in [5, 5.41) is 12.1. The fourth-order valence-electron chi connectivity index (χ4n) is 2.12. The summed E-state index contributed by atoms with van der Waals surface area (Å²) in [7, 11) is 1.86. The van der Waals surface area contributed by atoms with Gasteiger partial charge < -0.3 is 15.3 Å². The molecule has 0 saturated carbocycles. The first kappa shape index (κ1) is 12.5. The number of nitrogens with one attached hydrogen (secondary N) is 1. The van der Waals surface area contributed by atoms with Crippen LogP contribution in [-0.4, -0.2) is 49.2 Å². The highest BCUT2D eigenvalue weighted by molar-refractivity contribution is 5.78. The summed E-state index contributed by atoms with van der Waals surface area (Å²) in [6, 6.07) is 0. The number of nitrogens with zero attached hydrogens (tertiary/aromatic N) is 1. The van der Waals surface area contributed by atoms with Crippen molar-refractivity contribution in [1.82, 2.24) is 10.2 Å². The Morgan fingerprint density at radius 2 is 2.40 bits per heavy atom. The number of amides is 1.